The molecular weight excluding hydrogens is 223 g/mol. The van der Waals surface area contributed by atoms with E-state index in [0.717, 1.165) is 18.2 Å². The van der Waals surface area contributed by atoms with Crippen LogP contribution in [0.2, 0.25) is 0 Å². The second-order valence-corrected chi connectivity index (χ2v) is 3.78. The third-order valence-electron chi connectivity index (χ3n) is 2.56. The maximum atomic E-state index is 12.4. The van der Waals surface area contributed by atoms with E-state index in [-0.39, 0.29) is 11.3 Å². The van der Waals surface area contributed by atoms with Crippen LogP contribution in [-0.4, -0.2) is 11.0 Å². The van der Waals surface area contributed by atoms with Crippen LogP contribution in [-0.2, 0) is 16.6 Å². The number of alkyl halides is 3. The predicted octanol–water partition coefficient (Wildman–Crippen LogP) is 1.86. The standard InChI is InChI=1S/C10H8F3NO2/c1-9(16)6-3-2-5(10(11,12)13)4-7(6)14-8(9)15/h2-4,16H,1H3,(H,14,15). The molecule has 2 N–H and O–H groups in total. The van der Waals surface area contributed by atoms with Crippen molar-refractivity contribution >= 4 is 11.6 Å². The van der Waals surface area contributed by atoms with Gasteiger partial charge < -0.3 is 10.4 Å². The third-order valence-corrected chi connectivity index (χ3v) is 2.56. The number of hydrogen-bond donors (Lipinski definition) is 2. The third kappa shape index (κ3) is 1.46. The van der Waals surface area contributed by atoms with Crippen LogP contribution < -0.4 is 5.32 Å². The fourth-order valence-corrected chi connectivity index (χ4v) is 1.61. The number of carbonyl (C=O) groups excluding carboxylic acids is 1. The number of carbonyl (C=O) groups is 1. The molecule has 1 atom stereocenters. The molecule has 6 heteroatoms. The normalized spacial score (nSPS) is 24.2. The van der Waals surface area contributed by atoms with E-state index >= 15 is 0 Å². The maximum Gasteiger partial charge on any atom is 0.416 e. The molecule has 0 radical (unpaired) electrons. The molecular formula is C10H8F3NO2. The van der Waals surface area contributed by atoms with Crippen molar-refractivity contribution in [2.24, 2.45) is 0 Å². The van der Waals surface area contributed by atoms with Crippen LogP contribution in [0.3, 0.4) is 0 Å². The number of nitrogens with one attached hydrogen (secondary N) is 1. The summed E-state index contributed by atoms with van der Waals surface area (Å²) >= 11 is 0. The summed E-state index contributed by atoms with van der Waals surface area (Å²) in [5.74, 6) is -0.721. The lowest BCUT2D eigenvalue weighted by Gasteiger charge is -2.14. The van der Waals surface area contributed by atoms with E-state index in [1.807, 2.05) is 0 Å². The van der Waals surface area contributed by atoms with Crippen LogP contribution >= 0.6 is 0 Å². The van der Waals surface area contributed by atoms with Crippen molar-refractivity contribution in [1.29, 1.82) is 0 Å². The molecule has 1 aliphatic rings. The van der Waals surface area contributed by atoms with E-state index in [4.69, 9.17) is 0 Å². The number of fused-ring (bicyclic) bond motifs is 1. The molecule has 86 valence electrons. The number of halogens is 3. The number of rotatable bonds is 0. The van der Waals surface area contributed by atoms with Crippen molar-refractivity contribution in [3.05, 3.63) is 29.3 Å². The Morgan fingerprint density at radius 3 is 2.56 bits per heavy atom. The monoisotopic (exact) mass is 231 g/mol. The first-order valence-corrected chi connectivity index (χ1v) is 4.48. The van der Waals surface area contributed by atoms with Crippen LogP contribution in [0.5, 0.6) is 0 Å². The first kappa shape index (κ1) is 10.9. The Balaban J connectivity index is 2.53. The Morgan fingerprint density at radius 1 is 1.38 bits per heavy atom. The number of hydrogen-bond acceptors (Lipinski definition) is 2. The van der Waals surface area contributed by atoms with Gasteiger partial charge in [-0.15, -0.1) is 0 Å². The summed E-state index contributed by atoms with van der Waals surface area (Å²) in [5.41, 5.74) is -2.46. The highest BCUT2D eigenvalue weighted by atomic mass is 19.4. The SMILES string of the molecule is CC1(O)C(=O)Nc2cc(C(F)(F)F)ccc21. The molecule has 0 saturated heterocycles. The lowest BCUT2D eigenvalue weighted by atomic mass is 9.97. The summed E-state index contributed by atoms with van der Waals surface area (Å²) in [6.45, 7) is 1.24. The highest BCUT2D eigenvalue weighted by Gasteiger charge is 2.42. The number of benzene rings is 1. The summed E-state index contributed by atoms with van der Waals surface area (Å²) in [4.78, 5) is 11.3. The van der Waals surface area contributed by atoms with Crippen molar-refractivity contribution in [3.63, 3.8) is 0 Å². The minimum atomic E-state index is -4.46. The molecule has 0 aromatic heterocycles. The second kappa shape index (κ2) is 2.98. The zero-order valence-corrected chi connectivity index (χ0v) is 8.22. The van der Waals surface area contributed by atoms with Gasteiger partial charge in [0.25, 0.3) is 5.91 Å². The van der Waals surface area contributed by atoms with Crippen LogP contribution in [0.25, 0.3) is 0 Å². The van der Waals surface area contributed by atoms with Crippen molar-refractivity contribution in [2.45, 2.75) is 18.7 Å². The molecule has 0 fully saturated rings. The fraction of sp³-hybridized carbons (Fsp3) is 0.300. The summed E-state index contributed by atoms with van der Waals surface area (Å²) < 4.78 is 37.1. The van der Waals surface area contributed by atoms with E-state index in [2.05, 4.69) is 5.32 Å². The smallest absolute Gasteiger partial charge is 0.375 e. The molecule has 0 saturated carbocycles. The van der Waals surface area contributed by atoms with Gasteiger partial charge in [0.1, 0.15) is 0 Å². The molecule has 3 nitrogen and oxygen atoms in total. The molecule has 1 amide bonds. The van der Waals surface area contributed by atoms with Gasteiger partial charge >= 0.3 is 6.18 Å². The van der Waals surface area contributed by atoms with Crippen LogP contribution in [0.4, 0.5) is 18.9 Å². The van der Waals surface area contributed by atoms with Crippen molar-refractivity contribution in [2.75, 3.05) is 5.32 Å². The zero-order chi connectivity index (χ0) is 12.1. The summed E-state index contributed by atoms with van der Waals surface area (Å²) in [7, 11) is 0. The predicted molar refractivity (Wildman–Crippen MR) is 49.6 cm³/mol. The first-order chi connectivity index (χ1) is 7.23. The Kier molecular flexibility index (Phi) is 2.03. The molecule has 2 rings (SSSR count). The van der Waals surface area contributed by atoms with Crippen LogP contribution in [0, 0.1) is 0 Å². The molecule has 0 bridgehead atoms. The summed E-state index contributed by atoms with van der Waals surface area (Å²) in [6.07, 6.45) is -4.46. The summed E-state index contributed by atoms with van der Waals surface area (Å²) in [6, 6.07) is 2.76. The van der Waals surface area contributed by atoms with Crippen molar-refractivity contribution in [3.8, 4) is 0 Å². The molecule has 1 unspecified atom stereocenters. The van der Waals surface area contributed by atoms with Crippen molar-refractivity contribution < 1.29 is 23.1 Å². The number of amides is 1. The van der Waals surface area contributed by atoms with E-state index in [1.54, 1.807) is 0 Å². The molecule has 16 heavy (non-hydrogen) atoms. The maximum absolute atomic E-state index is 12.4. The lowest BCUT2D eigenvalue weighted by molar-refractivity contribution is -0.137. The molecule has 1 aromatic rings. The van der Waals surface area contributed by atoms with Gasteiger partial charge in [0.2, 0.25) is 0 Å². The lowest BCUT2D eigenvalue weighted by Crippen LogP contribution is -2.30. The van der Waals surface area contributed by atoms with E-state index in [0.29, 0.717) is 0 Å². The molecule has 0 spiro atoms. The van der Waals surface area contributed by atoms with Crippen LogP contribution in [0.15, 0.2) is 18.2 Å². The zero-order valence-electron chi connectivity index (χ0n) is 8.22. The average molecular weight is 231 g/mol. The van der Waals surface area contributed by atoms with Gasteiger partial charge in [-0.05, 0) is 19.1 Å². The van der Waals surface area contributed by atoms with E-state index in [9.17, 15) is 23.1 Å². The van der Waals surface area contributed by atoms with Gasteiger partial charge in [-0.25, -0.2) is 0 Å². The molecule has 1 heterocycles. The quantitative estimate of drug-likeness (QED) is 0.716. The Labute approximate surface area is 88.9 Å². The Morgan fingerprint density at radius 2 is 2.00 bits per heavy atom. The average Bonchev–Trinajstić information content (AvgIpc) is 2.36. The highest BCUT2D eigenvalue weighted by Crippen LogP contribution is 2.39. The highest BCUT2D eigenvalue weighted by molar-refractivity contribution is 6.04. The first-order valence-electron chi connectivity index (χ1n) is 4.48. The number of aliphatic hydroxyl groups is 1. The van der Waals surface area contributed by atoms with Gasteiger partial charge in [-0.1, -0.05) is 6.07 Å². The minimum absolute atomic E-state index is 0.00447. The van der Waals surface area contributed by atoms with Gasteiger partial charge in [0, 0.05) is 11.3 Å². The Hall–Kier alpha value is -1.56. The topological polar surface area (TPSA) is 49.3 Å². The van der Waals surface area contributed by atoms with E-state index < -0.39 is 23.2 Å². The van der Waals surface area contributed by atoms with Gasteiger partial charge in [0.05, 0.1) is 5.56 Å². The van der Waals surface area contributed by atoms with E-state index in [1.165, 1.54) is 6.92 Å². The largest absolute Gasteiger partial charge is 0.416 e. The molecule has 1 aromatic carbocycles. The van der Waals surface area contributed by atoms with Gasteiger partial charge in [-0.3, -0.25) is 4.79 Å². The number of anilines is 1. The second-order valence-electron chi connectivity index (χ2n) is 3.78. The minimum Gasteiger partial charge on any atom is -0.375 e. The van der Waals surface area contributed by atoms with Gasteiger partial charge in [0.15, 0.2) is 5.60 Å². The van der Waals surface area contributed by atoms with Crippen molar-refractivity contribution in [1.82, 2.24) is 0 Å². The molecule has 1 aliphatic heterocycles. The Bertz CT molecular complexity index is 466. The molecule has 0 aliphatic carbocycles. The van der Waals surface area contributed by atoms with Crippen LogP contribution in [0.1, 0.15) is 18.1 Å². The fourth-order valence-electron chi connectivity index (χ4n) is 1.61. The summed E-state index contributed by atoms with van der Waals surface area (Å²) in [5, 5.41) is 11.9. The van der Waals surface area contributed by atoms with Gasteiger partial charge in [-0.2, -0.15) is 13.2 Å².